The molecule has 4 nitrogen and oxygen atoms in total. The lowest BCUT2D eigenvalue weighted by molar-refractivity contribution is 0.102. The highest BCUT2D eigenvalue weighted by Crippen LogP contribution is 2.24. The van der Waals surface area contributed by atoms with E-state index >= 15 is 0 Å². The van der Waals surface area contributed by atoms with Gasteiger partial charge in [0.15, 0.2) is 5.16 Å². The highest BCUT2D eigenvalue weighted by molar-refractivity contribution is 9.10. The molecular formula is C20H18BrN3OS. The Balaban J connectivity index is 1.73. The van der Waals surface area contributed by atoms with Crippen molar-refractivity contribution in [3.05, 3.63) is 81.6 Å². The van der Waals surface area contributed by atoms with E-state index in [-0.39, 0.29) is 5.91 Å². The molecule has 0 bridgehead atoms. The molecule has 0 unspecified atom stereocenters. The summed E-state index contributed by atoms with van der Waals surface area (Å²) in [4.78, 5) is 21.3. The van der Waals surface area contributed by atoms with E-state index in [1.807, 2.05) is 43.3 Å². The lowest BCUT2D eigenvalue weighted by atomic mass is 10.1. The summed E-state index contributed by atoms with van der Waals surface area (Å²) in [5.41, 5.74) is 4.67. The number of amides is 1. The van der Waals surface area contributed by atoms with Gasteiger partial charge < -0.3 is 5.32 Å². The third-order valence-corrected chi connectivity index (χ3v) is 5.36. The van der Waals surface area contributed by atoms with Gasteiger partial charge in [-0.15, -0.1) is 0 Å². The number of rotatable bonds is 5. The number of thioether (sulfide) groups is 1. The average Bonchev–Trinajstić information content (AvgIpc) is 2.64. The number of nitrogens with zero attached hydrogens (tertiary/aromatic N) is 2. The Morgan fingerprint density at radius 1 is 1.12 bits per heavy atom. The Morgan fingerprint density at radius 3 is 2.58 bits per heavy atom. The third-order valence-electron chi connectivity index (χ3n) is 3.86. The van der Waals surface area contributed by atoms with Crippen LogP contribution in [0.1, 0.15) is 27.2 Å². The first-order valence-electron chi connectivity index (χ1n) is 8.11. The largest absolute Gasteiger partial charge is 0.321 e. The molecule has 132 valence electrons. The van der Waals surface area contributed by atoms with E-state index < -0.39 is 0 Å². The first-order chi connectivity index (χ1) is 12.5. The molecule has 0 fully saturated rings. The van der Waals surface area contributed by atoms with Crippen LogP contribution in [0.15, 0.2) is 64.4 Å². The minimum absolute atomic E-state index is 0.263. The summed E-state index contributed by atoms with van der Waals surface area (Å²) in [6.07, 6.45) is 1.62. The first-order valence-corrected chi connectivity index (χ1v) is 9.88. The van der Waals surface area contributed by atoms with Crippen molar-refractivity contribution in [2.45, 2.75) is 24.8 Å². The van der Waals surface area contributed by atoms with Crippen molar-refractivity contribution < 1.29 is 4.79 Å². The van der Waals surface area contributed by atoms with Gasteiger partial charge in [-0.3, -0.25) is 4.79 Å². The van der Waals surface area contributed by atoms with Gasteiger partial charge in [-0.1, -0.05) is 53.7 Å². The quantitative estimate of drug-likeness (QED) is 0.437. The zero-order valence-electron chi connectivity index (χ0n) is 14.5. The highest BCUT2D eigenvalue weighted by Gasteiger charge is 2.14. The van der Waals surface area contributed by atoms with Gasteiger partial charge in [0.1, 0.15) is 5.69 Å². The van der Waals surface area contributed by atoms with Crippen LogP contribution in [0.4, 0.5) is 5.69 Å². The normalized spacial score (nSPS) is 10.6. The van der Waals surface area contributed by atoms with Crippen molar-refractivity contribution in [2.75, 3.05) is 5.32 Å². The third kappa shape index (κ3) is 4.71. The Hall–Kier alpha value is -2.18. The Kier molecular flexibility index (Phi) is 6.06. The summed E-state index contributed by atoms with van der Waals surface area (Å²) in [6, 6.07) is 15.9. The lowest BCUT2D eigenvalue weighted by Gasteiger charge is -2.08. The Bertz CT molecular complexity index is 929. The van der Waals surface area contributed by atoms with Crippen LogP contribution in [0.3, 0.4) is 0 Å². The Morgan fingerprint density at radius 2 is 1.85 bits per heavy atom. The second-order valence-corrected chi connectivity index (χ2v) is 7.68. The molecule has 1 heterocycles. The molecule has 0 aliphatic rings. The summed E-state index contributed by atoms with van der Waals surface area (Å²) in [5.74, 6) is 0.494. The molecule has 0 aliphatic carbocycles. The fourth-order valence-electron chi connectivity index (χ4n) is 2.32. The van der Waals surface area contributed by atoms with Crippen molar-refractivity contribution in [1.82, 2.24) is 9.97 Å². The molecule has 26 heavy (non-hydrogen) atoms. The van der Waals surface area contributed by atoms with Crippen molar-refractivity contribution in [3.8, 4) is 0 Å². The number of halogens is 1. The minimum atomic E-state index is -0.263. The zero-order chi connectivity index (χ0) is 18.5. The van der Waals surface area contributed by atoms with Crippen molar-refractivity contribution in [1.29, 1.82) is 0 Å². The molecule has 1 N–H and O–H groups in total. The standard InChI is InChI=1S/C20H18BrN3OS/c1-13-7-9-16(10-8-13)23-19(25)18-17(21)11-22-20(24-18)26-12-15-6-4-3-5-14(15)2/h3-11H,12H2,1-2H3,(H,23,25). The Labute approximate surface area is 165 Å². The van der Waals surface area contributed by atoms with Gasteiger partial charge in [0.25, 0.3) is 5.91 Å². The number of carbonyl (C=O) groups excluding carboxylic acids is 1. The number of anilines is 1. The van der Waals surface area contributed by atoms with Gasteiger partial charge in [0, 0.05) is 17.6 Å². The molecule has 0 saturated carbocycles. The van der Waals surface area contributed by atoms with E-state index in [1.165, 1.54) is 22.9 Å². The van der Waals surface area contributed by atoms with Gasteiger partial charge in [0.05, 0.1) is 4.47 Å². The van der Waals surface area contributed by atoms with Crippen molar-refractivity contribution in [2.24, 2.45) is 0 Å². The molecule has 0 atom stereocenters. The number of carbonyl (C=O) groups is 1. The van der Waals surface area contributed by atoms with Crippen LogP contribution in [0.2, 0.25) is 0 Å². The fourth-order valence-corrected chi connectivity index (χ4v) is 3.58. The summed E-state index contributed by atoms with van der Waals surface area (Å²) in [5, 5.41) is 3.44. The van der Waals surface area contributed by atoms with E-state index in [0.717, 1.165) is 17.0 Å². The zero-order valence-corrected chi connectivity index (χ0v) is 16.9. The topological polar surface area (TPSA) is 54.9 Å². The van der Waals surface area contributed by atoms with E-state index in [0.29, 0.717) is 15.3 Å². The SMILES string of the molecule is Cc1ccc(NC(=O)c2nc(SCc3ccccc3C)ncc2Br)cc1. The molecule has 1 aromatic heterocycles. The average molecular weight is 428 g/mol. The molecule has 1 amide bonds. The molecule has 3 rings (SSSR count). The summed E-state index contributed by atoms with van der Waals surface area (Å²) >= 11 is 4.88. The van der Waals surface area contributed by atoms with Gasteiger partial charge in [-0.2, -0.15) is 0 Å². The van der Waals surface area contributed by atoms with E-state index in [9.17, 15) is 4.79 Å². The number of hydrogen-bond acceptors (Lipinski definition) is 4. The molecule has 0 saturated heterocycles. The summed E-state index contributed by atoms with van der Waals surface area (Å²) in [6.45, 7) is 4.09. The van der Waals surface area contributed by atoms with Gasteiger partial charge in [-0.05, 0) is 53.0 Å². The van der Waals surface area contributed by atoms with E-state index in [1.54, 1.807) is 6.20 Å². The number of benzene rings is 2. The van der Waals surface area contributed by atoms with Gasteiger partial charge >= 0.3 is 0 Å². The number of hydrogen-bond donors (Lipinski definition) is 1. The maximum absolute atomic E-state index is 12.6. The molecule has 0 spiro atoms. The van der Waals surface area contributed by atoms with Crippen molar-refractivity contribution >= 4 is 39.3 Å². The highest BCUT2D eigenvalue weighted by atomic mass is 79.9. The van der Waals surface area contributed by atoms with Crippen LogP contribution < -0.4 is 5.32 Å². The minimum Gasteiger partial charge on any atom is -0.321 e. The second kappa shape index (κ2) is 8.47. The molecule has 6 heteroatoms. The van der Waals surface area contributed by atoms with Crippen LogP contribution in [-0.2, 0) is 5.75 Å². The summed E-state index contributed by atoms with van der Waals surface area (Å²) < 4.78 is 0.572. The van der Waals surface area contributed by atoms with Crippen LogP contribution in [-0.4, -0.2) is 15.9 Å². The monoisotopic (exact) mass is 427 g/mol. The van der Waals surface area contributed by atoms with Gasteiger partial charge in [0.2, 0.25) is 0 Å². The molecule has 2 aromatic carbocycles. The van der Waals surface area contributed by atoms with Gasteiger partial charge in [-0.25, -0.2) is 9.97 Å². The van der Waals surface area contributed by atoms with Crippen LogP contribution in [0, 0.1) is 13.8 Å². The molecule has 0 aliphatic heterocycles. The van der Waals surface area contributed by atoms with Crippen LogP contribution in [0.5, 0.6) is 0 Å². The van der Waals surface area contributed by atoms with Crippen LogP contribution in [0.25, 0.3) is 0 Å². The number of aromatic nitrogens is 2. The predicted octanol–water partition coefficient (Wildman–Crippen LogP) is 5.40. The van der Waals surface area contributed by atoms with E-state index in [2.05, 4.69) is 50.3 Å². The maximum Gasteiger partial charge on any atom is 0.275 e. The molecule has 0 radical (unpaired) electrons. The summed E-state index contributed by atoms with van der Waals surface area (Å²) in [7, 11) is 0. The van der Waals surface area contributed by atoms with E-state index in [4.69, 9.17) is 0 Å². The second-order valence-electron chi connectivity index (χ2n) is 5.88. The fraction of sp³-hybridized carbons (Fsp3) is 0.150. The van der Waals surface area contributed by atoms with Crippen LogP contribution >= 0.6 is 27.7 Å². The predicted molar refractivity (Wildman–Crippen MR) is 110 cm³/mol. The first kappa shape index (κ1) is 18.6. The number of nitrogens with one attached hydrogen (secondary N) is 1. The number of aryl methyl sites for hydroxylation is 2. The molecular weight excluding hydrogens is 410 g/mol. The van der Waals surface area contributed by atoms with Crippen molar-refractivity contribution in [3.63, 3.8) is 0 Å². The lowest BCUT2D eigenvalue weighted by Crippen LogP contribution is -2.15. The smallest absolute Gasteiger partial charge is 0.275 e. The molecule has 3 aromatic rings. The maximum atomic E-state index is 12.6.